The summed E-state index contributed by atoms with van der Waals surface area (Å²) in [5.41, 5.74) is -1.43. The highest BCUT2D eigenvalue weighted by molar-refractivity contribution is 5.89. The molecule has 2 amide bonds. The molecule has 0 radical (unpaired) electrons. The molecule has 1 saturated carbocycles. The molecule has 0 aromatic rings. The summed E-state index contributed by atoms with van der Waals surface area (Å²) < 4.78 is 0. The number of amides is 2. The van der Waals surface area contributed by atoms with Crippen molar-refractivity contribution in [2.75, 3.05) is 32.9 Å². The standard InChI is InChI=1S/C13H22N2O5/c16-6-13(7-17,8-18)14-12(20)10-3-11(19)15(5-10)4-9-1-2-9/h9-10,16-18H,1-8H2,(H,14,20). The van der Waals surface area contributed by atoms with E-state index in [2.05, 4.69) is 5.32 Å². The van der Waals surface area contributed by atoms with Crippen LogP contribution in [0.5, 0.6) is 0 Å². The summed E-state index contributed by atoms with van der Waals surface area (Å²) in [5.74, 6) is -0.342. The van der Waals surface area contributed by atoms with Crippen LogP contribution in [-0.2, 0) is 9.59 Å². The molecule has 4 N–H and O–H groups in total. The Morgan fingerprint density at radius 3 is 2.35 bits per heavy atom. The fourth-order valence-electron chi connectivity index (χ4n) is 2.37. The van der Waals surface area contributed by atoms with E-state index in [1.165, 1.54) is 0 Å². The molecular formula is C13H22N2O5. The Morgan fingerprint density at radius 1 is 1.25 bits per heavy atom. The molecule has 0 bridgehead atoms. The van der Waals surface area contributed by atoms with Gasteiger partial charge in [0.15, 0.2) is 0 Å². The molecule has 1 atom stereocenters. The lowest BCUT2D eigenvalue weighted by Crippen LogP contribution is -2.58. The minimum absolute atomic E-state index is 0.0281. The van der Waals surface area contributed by atoms with Crippen molar-refractivity contribution in [3.8, 4) is 0 Å². The molecule has 2 rings (SSSR count). The highest BCUT2D eigenvalue weighted by atomic mass is 16.3. The zero-order chi connectivity index (χ0) is 14.8. The van der Waals surface area contributed by atoms with Gasteiger partial charge in [-0.05, 0) is 18.8 Å². The first-order chi connectivity index (χ1) is 9.53. The van der Waals surface area contributed by atoms with Crippen LogP contribution in [0.25, 0.3) is 0 Å². The van der Waals surface area contributed by atoms with Gasteiger partial charge in [-0.25, -0.2) is 0 Å². The average Bonchev–Trinajstić information content (AvgIpc) is 3.19. The first-order valence-corrected chi connectivity index (χ1v) is 6.96. The van der Waals surface area contributed by atoms with Gasteiger partial charge in [0.2, 0.25) is 11.8 Å². The third kappa shape index (κ3) is 3.28. The number of hydrogen-bond acceptors (Lipinski definition) is 5. The van der Waals surface area contributed by atoms with Gasteiger partial charge in [-0.1, -0.05) is 0 Å². The number of aliphatic hydroxyl groups excluding tert-OH is 3. The van der Waals surface area contributed by atoms with E-state index >= 15 is 0 Å². The first kappa shape index (κ1) is 15.2. The molecule has 7 nitrogen and oxygen atoms in total. The van der Waals surface area contributed by atoms with Gasteiger partial charge in [0.05, 0.1) is 25.7 Å². The zero-order valence-corrected chi connectivity index (χ0v) is 11.4. The number of carbonyl (C=O) groups is 2. The van der Waals surface area contributed by atoms with Crippen LogP contribution in [0.2, 0.25) is 0 Å². The quantitative estimate of drug-likeness (QED) is 0.436. The van der Waals surface area contributed by atoms with Crippen molar-refractivity contribution < 1.29 is 24.9 Å². The summed E-state index contributed by atoms with van der Waals surface area (Å²) in [6, 6.07) is 0. The summed E-state index contributed by atoms with van der Waals surface area (Å²) in [6.07, 6.45) is 2.43. The van der Waals surface area contributed by atoms with Crippen molar-refractivity contribution in [2.24, 2.45) is 11.8 Å². The fraction of sp³-hybridized carbons (Fsp3) is 0.846. The number of nitrogens with one attached hydrogen (secondary N) is 1. The molecule has 0 aromatic carbocycles. The Labute approximate surface area is 117 Å². The third-order valence-corrected chi connectivity index (χ3v) is 4.06. The van der Waals surface area contributed by atoms with E-state index in [1.54, 1.807) is 4.90 Å². The molecule has 1 heterocycles. The van der Waals surface area contributed by atoms with Gasteiger partial charge < -0.3 is 25.5 Å². The summed E-state index contributed by atoms with van der Waals surface area (Å²) in [4.78, 5) is 25.6. The molecule has 0 aromatic heterocycles. The van der Waals surface area contributed by atoms with Gasteiger partial charge in [-0.15, -0.1) is 0 Å². The van der Waals surface area contributed by atoms with Crippen LogP contribution in [0.4, 0.5) is 0 Å². The van der Waals surface area contributed by atoms with Gasteiger partial charge in [0.1, 0.15) is 5.54 Å². The first-order valence-electron chi connectivity index (χ1n) is 6.96. The molecule has 20 heavy (non-hydrogen) atoms. The maximum Gasteiger partial charge on any atom is 0.226 e. The molecule has 1 aliphatic heterocycles. The predicted molar refractivity (Wildman–Crippen MR) is 69.5 cm³/mol. The number of carbonyl (C=O) groups excluding carboxylic acids is 2. The molecule has 1 unspecified atom stereocenters. The molecule has 1 aliphatic carbocycles. The fourth-order valence-corrected chi connectivity index (χ4v) is 2.37. The van der Waals surface area contributed by atoms with Crippen LogP contribution in [0.3, 0.4) is 0 Å². The van der Waals surface area contributed by atoms with E-state index in [0.717, 1.165) is 12.8 Å². The van der Waals surface area contributed by atoms with Gasteiger partial charge in [-0.3, -0.25) is 9.59 Å². The number of rotatable bonds is 7. The molecule has 7 heteroatoms. The molecule has 1 saturated heterocycles. The Bertz CT molecular complexity index is 371. The second kappa shape index (κ2) is 6.07. The van der Waals surface area contributed by atoms with Crippen molar-refractivity contribution in [2.45, 2.75) is 24.8 Å². The zero-order valence-electron chi connectivity index (χ0n) is 11.4. The predicted octanol–water partition coefficient (Wildman–Crippen LogP) is -1.92. The van der Waals surface area contributed by atoms with Gasteiger partial charge >= 0.3 is 0 Å². The average molecular weight is 286 g/mol. The Hall–Kier alpha value is -1.18. The SMILES string of the molecule is O=C(NC(CO)(CO)CO)C1CC(=O)N(CC2CC2)C1. The lowest BCUT2D eigenvalue weighted by molar-refractivity contribution is -0.130. The summed E-state index contributed by atoms with van der Waals surface area (Å²) in [5, 5.41) is 30.0. The minimum Gasteiger partial charge on any atom is -0.394 e. The van der Waals surface area contributed by atoms with Crippen molar-refractivity contribution in [1.82, 2.24) is 10.2 Å². The van der Waals surface area contributed by atoms with Crippen LogP contribution in [-0.4, -0.2) is 70.5 Å². The monoisotopic (exact) mass is 286 g/mol. The van der Waals surface area contributed by atoms with E-state index < -0.39 is 37.2 Å². The molecular weight excluding hydrogens is 264 g/mol. The third-order valence-electron chi connectivity index (χ3n) is 4.06. The molecule has 0 spiro atoms. The Morgan fingerprint density at radius 2 is 1.85 bits per heavy atom. The van der Waals surface area contributed by atoms with Crippen LogP contribution in [0, 0.1) is 11.8 Å². The largest absolute Gasteiger partial charge is 0.394 e. The number of hydrogen-bond donors (Lipinski definition) is 4. The van der Waals surface area contributed by atoms with Gasteiger partial charge in [0.25, 0.3) is 0 Å². The molecule has 2 aliphatic rings. The van der Waals surface area contributed by atoms with Crippen molar-refractivity contribution in [1.29, 1.82) is 0 Å². The van der Waals surface area contributed by atoms with E-state index in [4.69, 9.17) is 0 Å². The van der Waals surface area contributed by atoms with Crippen LogP contribution in [0.1, 0.15) is 19.3 Å². The number of nitrogens with zero attached hydrogens (tertiary/aromatic N) is 1. The number of likely N-dealkylation sites (tertiary alicyclic amines) is 1. The van der Waals surface area contributed by atoms with E-state index in [0.29, 0.717) is 19.0 Å². The smallest absolute Gasteiger partial charge is 0.226 e. The Kier molecular flexibility index (Phi) is 4.62. The second-order valence-electron chi connectivity index (χ2n) is 5.89. The topological polar surface area (TPSA) is 110 Å². The summed E-state index contributed by atoms with van der Waals surface area (Å²) >= 11 is 0. The minimum atomic E-state index is -1.43. The highest BCUT2D eigenvalue weighted by Crippen LogP contribution is 2.32. The normalized spacial score (nSPS) is 23.2. The summed E-state index contributed by atoms with van der Waals surface area (Å²) in [7, 11) is 0. The van der Waals surface area contributed by atoms with E-state index in [1.807, 2.05) is 0 Å². The van der Waals surface area contributed by atoms with Crippen molar-refractivity contribution in [3.05, 3.63) is 0 Å². The molecule has 114 valence electrons. The van der Waals surface area contributed by atoms with E-state index in [9.17, 15) is 24.9 Å². The van der Waals surface area contributed by atoms with Crippen LogP contribution >= 0.6 is 0 Å². The molecule has 2 fully saturated rings. The van der Waals surface area contributed by atoms with Crippen molar-refractivity contribution in [3.63, 3.8) is 0 Å². The van der Waals surface area contributed by atoms with Crippen molar-refractivity contribution >= 4 is 11.8 Å². The van der Waals surface area contributed by atoms with Crippen LogP contribution < -0.4 is 5.32 Å². The lowest BCUT2D eigenvalue weighted by atomic mass is 10.0. The lowest BCUT2D eigenvalue weighted by Gasteiger charge is -2.29. The number of aliphatic hydroxyl groups is 3. The summed E-state index contributed by atoms with van der Waals surface area (Å²) in [6.45, 7) is -0.581. The van der Waals surface area contributed by atoms with Gasteiger partial charge in [-0.2, -0.15) is 0 Å². The maximum absolute atomic E-state index is 12.1. The maximum atomic E-state index is 12.1. The van der Waals surface area contributed by atoms with E-state index in [-0.39, 0.29) is 12.3 Å². The Balaban J connectivity index is 1.91. The second-order valence-corrected chi connectivity index (χ2v) is 5.89. The highest BCUT2D eigenvalue weighted by Gasteiger charge is 2.39. The van der Waals surface area contributed by atoms with Gasteiger partial charge in [0, 0.05) is 19.5 Å². The van der Waals surface area contributed by atoms with Crippen LogP contribution in [0.15, 0.2) is 0 Å².